The van der Waals surface area contributed by atoms with Crippen LogP contribution in [0.15, 0.2) is 71.5 Å². The molecule has 1 heterocycles. The number of para-hydroxylation sites is 1. The summed E-state index contributed by atoms with van der Waals surface area (Å²) in [5.74, 6) is -0.820. The minimum absolute atomic E-state index is 0.226. The molecule has 2 aromatic carbocycles. The second-order valence-electron chi connectivity index (χ2n) is 6.12. The Labute approximate surface area is 151 Å². The van der Waals surface area contributed by atoms with E-state index >= 15 is 0 Å². The van der Waals surface area contributed by atoms with E-state index in [0.717, 1.165) is 5.56 Å². The minimum atomic E-state index is -0.533. The van der Waals surface area contributed by atoms with Crippen molar-refractivity contribution in [1.29, 1.82) is 0 Å². The first kappa shape index (κ1) is 17.6. The van der Waals surface area contributed by atoms with Gasteiger partial charge in [-0.1, -0.05) is 48.5 Å². The Hall–Kier alpha value is -3.18. The lowest BCUT2D eigenvalue weighted by Gasteiger charge is -2.10. The summed E-state index contributed by atoms with van der Waals surface area (Å²) in [6.45, 7) is 0. The van der Waals surface area contributed by atoms with Crippen LogP contribution in [-0.2, 0) is 7.05 Å². The number of rotatable bonds is 5. The van der Waals surface area contributed by atoms with E-state index in [1.54, 1.807) is 37.4 Å². The van der Waals surface area contributed by atoms with Gasteiger partial charge in [0, 0.05) is 18.5 Å². The number of aromatic nitrogens is 1. The molecule has 0 radical (unpaired) electrons. The molecule has 0 bridgehead atoms. The molecule has 26 heavy (non-hydrogen) atoms. The first-order valence-electron chi connectivity index (χ1n) is 8.32. The predicted molar refractivity (Wildman–Crippen MR) is 102 cm³/mol. The van der Waals surface area contributed by atoms with Crippen LogP contribution < -0.4 is 11.3 Å². The molecule has 0 aliphatic heterocycles. The minimum Gasteiger partial charge on any atom is -0.506 e. The van der Waals surface area contributed by atoms with Crippen molar-refractivity contribution in [2.45, 2.75) is 12.5 Å². The van der Waals surface area contributed by atoms with Gasteiger partial charge in [0.1, 0.15) is 11.3 Å². The van der Waals surface area contributed by atoms with Gasteiger partial charge in [-0.25, -0.2) is 0 Å². The van der Waals surface area contributed by atoms with Crippen molar-refractivity contribution in [2.75, 3.05) is 0 Å². The largest absolute Gasteiger partial charge is 0.506 e. The molecular formula is C21H20N2O3. The van der Waals surface area contributed by atoms with Crippen LogP contribution >= 0.6 is 0 Å². The molecule has 0 saturated heterocycles. The third-order valence-corrected chi connectivity index (χ3v) is 4.41. The number of ketones is 1. The Morgan fingerprint density at radius 3 is 2.54 bits per heavy atom. The van der Waals surface area contributed by atoms with Gasteiger partial charge in [0.15, 0.2) is 5.78 Å². The Kier molecular flexibility index (Phi) is 5.00. The molecule has 5 nitrogen and oxygen atoms in total. The maximum absolute atomic E-state index is 12.5. The first-order chi connectivity index (χ1) is 12.5. The quantitative estimate of drug-likeness (QED) is 0.548. The molecule has 1 atom stereocenters. The molecule has 0 aliphatic rings. The molecule has 0 amide bonds. The molecule has 3 rings (SSSR count). The van der Waals surface area contributed by atoms with Crippen LogP contribution in [0.5, 0.6) is 5.75 Å². The van der Waals surface area contributed by atoms with Crippen molar-refractivity contribution in [2.24, 2.45) is 12.8 Å². The Morgan fingerprint density at radius 2 is 1.81 bits per heavy atom. The van der Waals surface area contributed by atoms with E-state index in [4.69, 9.17) is 5.73 Å². The summed E-state index contributed by atoms with van der Waals surface area (Å²) < 4.78 is 1.37. The number of carbonyl (C=O) groups excluding carboxylic acids is 1. The smallest absolute Gasteiger partial charge is 0.265 e. The third kappa shape index (κ3) is 3.30. The molecule has 3 N–H and O–H groups in total. The Balaban J connectivity index is 1.87. The monoisotopic (exact) mass is 348 g/mol. The molecule has 0 aliphatic carbocycles. The number of carbonyl (C=O) groups is 1. The second kappa shape index (κ2) is 7.37. The number of benzene rings is 2. The van der Waals surface area contributed by atoms with Crippen molar-refractivity contribution in [3.63, 3.8) is 0 Å². The van der Waals surface area contributed by atoms with Crippen molar-refractivity contribution in [1.82, 2.24) is 4.57 Å². The molecule has 5 heteroatoms. The summed E-state index contributed by atoms with van der Waals surface area (Å²) >= 11 is 0. The van der Waals surface area contributed by atoms with Gasteiger partial charge in [0.05, 0.1) is 5.52 Å². The fourth-order valence-electron chi connectivity index (χ4n) is 2.94. The van der Waals surface area contributed by atoms with Crippen LogP contribution in [0.4, 0.5) is 0 Å². The molecule has 0 fully saturated rings. The molecule has 132 valence electrons. The van der Waals surface area contributed by atoms with Gasteiger partial charge in [-0.15, -0.1) is 0 Å². The van der Waals surface area contributed by atoms with Gasteiger partial charge < -0.3 is 15.4 Å². The van der Waals surface area contributed by atoms with Crippen LogP contribution in [0.3, 0.4) is 0 Å². The van der Waals surface area contributed by atoms with Crippen molar-refractivity contribution < 1.29 is 9.90 Å². The molecular weight excluding hydrogens is 328 g/mol. The normalized spacial score (nSPS) is 12.5. The summed E-state index contributed by atoms with van der Waals surface area (Å²) in [6, 6.07) is 16.2. The van der Waals surface area contributed by atoms with E-state index in [1.165, 1.54) is 10.6 Å². The van der Waals surface area contributed by atoms with E-state index in [9.17, 15) is 14.7 Å². The fourth-order valence-corrected chi connectivity index (χ4v) is 2.94. The summed E-state index contributed by atoms with van der Waals surface area (Å²) in [7, 11) is 1.58. The zero-order valence-electron chi connectivity index (χ0n) is 14.4. The van der Waals surface area contributed by atoms with Crippen LogP contribution in [-0.4, -0.2) is 15.5 Å². The average Bonchev–Trinajstić information content (AvgIpc) is 2.67. The third-order valence-electron chi connectivity index (χ3n) is 4.41. The number of hydrogen-bond acceptors (Lipinski definition) is 4. The second-order valence-corrected chi connectivity index (χ2v) is 6.12. The Morgan fingerprint density at radius 1 is 1.15 bits per heavy atom. The summed E-state index contributed by atoms with van der Waals surface area (Å²) in [6.07, 6.45) is 3.38. The lowest BCUT2D eigenvalue weighted by atomic mass is 10.0. The zero-order valence-corrected chi connectivity index (χ0v) is 14.4. The zero-order chi connectivity index (χ0) is 18.7. The maximum atomic E-state index is 12.5. The summed E-state index contributed by atoms with van der Waals surface area (Å²) in [5.41, 5.74) is 6.89. The molecule has 1 unspecified atom stereocenters. The van der Waals surface area contributed by atoms with E-state index in [-0.39, 0.29) is 17.4 Å². The maximum Gasteiger partial charge on any atom is 0.265 e. The fraction of sp³-hybridized carbons (Fsp3) is 0.143. The van der Waals surface area contributed by atoms with Crippen LogP contribution in [0.1, 0.15) is 28.4 Å². The van der Waals surface area contributed by atoms with E-state index < -0.39 is 11.3 Å². The van der Waals surface area contributed by atoms with Gasteiger partial charge >= 0.3 is 0 Å². The Bertz CT molecular complexity index is 1040. The standard InChI is InChI=1S/C21H20N2O3/c1-23-17-12-6-5-10-15(17)20(25)19(21(23)26)18(24)13-7-11-16(22)14-8-3-2-4-9-14/h2-10,12-13,16,25H,11,22H2,1H3. The number of hydrogen-bond donors (Lipinski definition) is 2. The lowest BCUT2D eigenvalue weighted by molar-refractivity contribution is 0.104. The van der Waals surface area contributed by atoms with Crippen molar-refractivity contribution >= 4 is 16.7 Å². The number of pyridine rings is 1. The van der Waals surface area contributed by atoms with Gasteiger partial charge in [-0.05, 0) is 30.2 Å². The lowest BCUT2D eigenvalue weighted by Crippen LogP contribution is -2.24. The SMILES string of the molecule is Cn1c(=O)c(C(=O)C=CCC(N)c2ccccc2)c(O)c2ccccc21. The van der Waals surface area contributed by atoms with Gasteiger partial charge in [0.25, 0.3) is 5.56 Å². The summed E-state index contributed by atoms with van der Waals surface area (Å²) in [4.78, 5) is 25.0. The van der Waals surface area contributed by atoms with Crippen LogP contribution in [0.25, 0.3) is 10.9 Å². The first-order valence-corrected chi connectivity index (χ1v) is 8.32. The number of aryl methyl sites for hydroxylation is 1. The van der Waals surface area contributed by atoms with Gasteiger partial charge in [-0.2, -0.15) is 0 Å². The highest BCUT2D eigenvalue weighted by atomic mass is 16.3. The number of nitrogens with zero attached hydrogens (tertiary/aromatic N) is 1. The van der Waals surface area contributed by atoms with Crippen molar-refractivity contribution in [3.8, 4) is 5.75 Å². The molecule has 3 aromatic rings. The highest BCUT2D eigenvalue weighted by Crippen LogP contribution is 2.26. The summed E-state index contributed by atoms with van der Waals surface area (Å²) in [5, 5.41) is 10.9. The number of fused-ring (bicyclic) bond motifs is 1. The molecule has 0 spiro atoms. The van der Waals surface area contributed by atoms with Gasteiger partial charge in [0.2, 0.25) is 0 Å². The number of allylic oxidation sites excluding steroid dienone is 1. The van der Waals surface area contributed by atoms with Crippen molar-refractivity contribution in [3.05, 3.63) is 88.2 Å². The van der Waals surface area contributed by atoms with E-state index in [2.05, 4.69) is 0 Å². The number of aromatic hydroxyl groups is 1. The molecule has 0 saturated carbocycles. The molecule has 1 aromatic heterocycles. The highest BCUT2D eigenvalue weighted by Gasteiger charge is 2.19. The van der Waals surface area contributed by atoms with Crippen LogP contribution in [0.2, 0.25) is 0 Å². The average molecular weight is 348 g/mol. The van der Waals surface area contributed by atoms with Gasteiger partial charge in [-0.3, -0.25) is 9.59 Å². The predicted octanol–water partition coefficient (Wildman–Crippen LogP) is 3.07. The number of nitrogens with two attached hydrogens (primary N) is 1. The van der Waals surface area contributed by atoms with Crippen LogP contribution in [0, 0.1) is 0 Å². The van der Waals surface area contributed by atoms with E-state index in [0.29, 0.717) is 17.3 Å². The topological polar surface area (TPSA) is 85.3 Å². The highest BCUT2D eigenvalue weighted by molar-refractivity contribution is 6.09. The van der Waals surface area contributed by atoms with E-state index in [1.807, 2.05) is 30.3 Å².